The Morgan fingerprint density at radius 2 is 2.06 bits per heavy atom. The first-order valence-corrected chi connectivity index (χ1v) is 5.75. The summed E-state index contributed by atoms with van der Waals surface area (Å²) in [5, 5.41) is 12.4. The van der Waals surface area contributed by atoms with Gasteiger partial charge in [-0.2, -0.15) is 5.26 Å². The third-order valence-corrected chi connectivity index (χ3v) is 3.14. The van der Waals surface area contributed by atoms with Gasteiger partial charge >= 0.3 is 0 Å². The fourth-order valence-electron chi connectivity index (χ4n) is 1.97. The summed E-state index contributed by atoms with van der Waals surface area (Å²) < 4.78 is 18.8. The molecule has 0 atom stereocenters. The molecule has 0 spiro atoms. The zero-order valence-corrected chi connectivity index (χ0v) is 9.58. The summed E-state index contributed by atoms with van der Waals surface area (Å²) in [5.74, 6) is -0.157. The smallest absolute Gasteiger partial charge is 0.165 e. The molecule has 1 aliphatic rings. The molecule has 1 fully saturated rings. The summed E-state index contributed by atoms with van der Waals surface area (Å²) in [4.78, 5) is 0. The lowest BCUT2D eigenvalue weighted by Gasteiger charge is -2.30. The van der Waals surface area contributed by atoms with Crippen LogP contribution < -0.4 is 10.1 Å². The molecule has 17 heavy (non-hydrogen) atoms. The lowest BCUT2D eigenvalue weighted by molar-refractivity contribution is 0.153. The van der Waals surface area contributed by atoms with Crippen LogP contribution in [0.3, 0.4) is 0 Å². The third kappa shape index (κ3) is 2.75. The van der Waals surface area contributed by atoms with E-state index in [1.165, 1.54) is 6.07 Å². The average molecular weight is 234 g/mol. The molecule has 0 aliphatic carbocycles. The number of ether oxygens (including phenoxy) is 1. The standard InChI is InChI=1S/C13H15FN2O/c14-11-3-1-2-4-12(11)17-10-13(9-15)5-7-16-8-6-13/h1-4,16H,5-8,10H2. The Morgan fingerprint density at radius 1 is 1.35 bits per heavy atom. The first kappa shape index (κ1) is 11.9. The predicted molar refractivity (Wildman–Crippen MR) is 62.0 cm³/mol. The SMILES string of the molecule is N#CC1(COc2ccccc2F)CCNCC1. The van der Waals surface area contributed by atoms with Crippen LogP contribution in [0.1, 0.15) is 12.8 Å². The van der Waals surface area contributed by atoms with Crippen molar-refractivity contribution in [2.45, 2.75) is 12.8 Å². The van der Waals surface area contributed by atoms with E-state index in [0.717, 1.165) is 25.9 Å². The van der Waals surface area contributed by atoms with Crippen molar-refractivity contribution in [1.82, 2.24) is 5.32 Å². The largest absolute Gasteiger partial charge is 0.489 e. The van der Waals surface area contributed by atoms with Gasteiger partial charge in [0, 0.05) is 0 Å². The minimum Gasteiger partial charge on any atom is -0.489 e. The molecule has 0 radical (unpaired) electrons. The second kappa shape index (κ2) is 5.15. The van der Waals surface area contributed by atoms with E-state index in [-0.39, 0.29) is 18.2 Å². The fraction of sp³-hybridized carbons (Fsp3) is 0.462. The summed E-state index contributed by atoms with van der Waals surface area (Å²) in [6.45, 7) is 1.88. The zero-order chi connectivity index (χ0) is 12.1. The van der Waals surface area contributed by atoms with Gasteiger partial charge in [-0.3, -0.25) is 0 Å². The van der Waals surface area contributed by atoms with Gasteiger partial charge in [0.05, 0.1) is 11.5 Å². The summed E-state index contributed by atoms with van der Waals surface area (Å²) in [7, 11) is 0. The molecule has 1 heterocycles. The highest BCUT2D eigenvalue weighted by Gasteiger charge is 2.33. The Labute approximate surface area is 100 Å². The first-order valence-electron chi connectivity index (χ1n) is 5.75. The van der Waals surface area contributed by atoms with Crippen LogP contribution in [0.4, 0.5) is 4.39 Å². The van der Waals surface area contributed by atoms with Crippen molar-refractivity contribution in [3.63, 3.8) is 0 Å². The van der Waals surface area contributed by atoms with Crippen LogP contribution in [0, 0.1) is 22.6 Å². The van der Waals surface area contributed by atoms with Crippen LogP contribution in [0.25, 0.3) is 0 Å². The van der Waals surface area contributed by atoms with Gasteiger partial charge in [-0.05, 0) is 38.1 Å². The van der Waals surface area contributed by atoms with Crippen molar-refractivity contribution in [2.24, 2.45) is 5.41 Å². The number of hydrogen-bond donors (Lipinski definition) is 1. The van der Waals surface area contributed by atoms with Gasteiger partial charge in [-0.1, -0.05) is 12.1 Å². The number of nitrogens with zero attached hydrogens (tertiary/aromatic N) is 1. The molecule has 3 nitrogen and oxygen atoms in total. The van der Waals surface area contributed by atoms with E-state index in [1.807, 2.05) is 0 Å². The van der Waals surface area contributed by atoms with E-state index in [4.69, 9.17) is 4.74 Å². The first-order chi connectivity index (χ1) is 8.26. The molecule has 0 unspecified atom stereocenters. The maximum absolute atomic E-state index is 13.4. The van der Waals surface area contributed by atoms with Gasteiger partial charge in [-0.25, -0.2) is 4.39 Å². The van der Waals surface area contributed by atoms with Crippen LogP contribution in [-0.4, -0.2) is 19.7 Å². The highest BCUT2D eigenvalue weighted by molar-refractivity contribution is 5.24. The Bertz CT molecular complexity index is 422. The fourth-order valence-corrected chi connectivity index (χ4v) is 1.97. The van der Waals surface area contributed by atoms with Crippen molar-refractivity contribution in [3.8, 4) is 11.8 Å². The van der Waals surface area contributed by atoms with E-state index >= 15 is 0 Å². The van der Waals surface area contributed by atoms with Gasteiger partial charge in [0.25, 0.3) is 0 Å². The van der Waals surface area contributed by atoms with Crippen molar-refractivity contribution in [2.75, 3.05) is 19.7 Å². The Kier molecular flexibility index (Phi) is 3.60. The van der Waals surface area contributed by atoms with E-state index in [0.29, 0.717) is 0 Å². The normalized spacial score (nSPS) is 18.4. The van der Waals surface area contributed by atoms with Crippen LogP contribution in [0.5, 0.6) is 5.75 Å². The van der Waals surface area contributed by atoms with Gasteiger partial charge in [0.2, 0.25) is 0 Å². The number of halogens is 1. The zero-order valence-electron chi connectivity index (χ0n) is 9.58. The number of hydrogen-bond acceptors (Lipinski definition) is 3. The molecule has 1 N–H and O–H groups in total. The summed E-state index contributed by atoms with van der Waals surface area (Å²) in [5.41, 5.74) is -0.479. The van der Waals surface area contributed by atoms with Crippen molar-refractivity contribution in [1.29, 1.82) is 5.26 Å². The van der Waals surface area contributed by atoms with Crippen LogP contribution >= 0.6 is 0 Å². The molecule has 2 rings (SSSR count). The van der Waals surface area contributed by atoms with E-state index in [1.54, 1.807) is 18.2 Å². The Morgan fingerprint density at radius 3 is 2.71 bits per heavy atom. The van der Waals surface area contributed by atoms with Crippen LogP contribution in [0.2, 0.25) is 0 Å². The Balaban J connectivity index is 2.01. The van der Waals surface area contributed by atoms with Crippen molar-refractivity contribution in [3.05, 3.63) is 30.1 Å². The van der Waals surface area contributed by atoms with Gasteiger partial charge in [-0.15, -0.1) is 0 Å². The number of para-hydroxylation sites is 1. The number of benzene rings is 1. The highest BCUT2D eigenvalue weighted by Crippen LogP contribution is 2.29. The molecular formula is C13H15FN2O. The van der Waals surface area contributed by atoms with Gasteiger partial charge in [0.1, 0.15) is 6.61 Å². The highest BCUT2D eigenvalue weighted by atomic mass is 19.1. The molecule has 0 bridgehead atoms. The second-order valence-electron chi connectivity index (χ2n) is 4.36. The number of nitrogens with one attached hydrogen (secondary N) is 1. The minimum absolute atomic E-state index is 0.223. The van der Waals surface area contributed by atoms with Crippen LogP contribution in [-0.2, 0) is 0 Å². The molecule has 1 aliphatic heterocycles. The van der Waals surface area contributed by atoms with Crippen molar-refractivity contribution >= 4 is 0 Å². The topological polar surface area (TPSA) is 45.0 Å². The minimum atomic E-state index is -0.479. The molecule has 1 aromatic carbocycles. The quantitative estimate of drug-likeness (QED) is 0.871. The number of piperidine rings is 1. The summed E-state index contributed by atoms with van der Waals surface area (Å²) in [6.07, 6.45) is 1.50. The van der Waals surface area contributed by atoms with E-state index in [2.05, 4.69) is 11.4 Å². The second-order valence-corrected chi connectivity index (χ2v) is 4.36. The van der Waals surface area contributed by atoms with Crippen LogP contribution in [0.15, 0.2) is 24.3 Å². The molecule has 1 aromatic rings. The summed E-state index contributed by atoms with van der Waals surface area (Å²) in [6, 6.07) is 8.60. The maximum atomic E-state index is 13.4. The monoisotopic (exact) mass is 234 g/mol. The van der Waals surface area contributed by atoms with E-state index in [9.17, 15) is 9.65 Å². The molecule has 90 valence electrons. The summed E-state index contributed by atoms with van der Waals surface area (Å²) >= 11 is 0. The lowest BCUT2D eigenvalue weighted by atomic mass is 9.81. The van der Waals surface area contributed by atoms with Gasteiger partial charge in [0.15, 0.2) is 11.6 Å². The van der Waals surface area contributed by atoms with E-state index < -0.39 is 5.41 Å². The van der Waals surface area contributed by atoms with Crippen molar-refractivity contribution < 1.29 is 9.13 Å². The molecule has 1 saturated heterocycles. The molecule has 0 aromatic heterocycles. The molecule has 0 amide bonds. The molecule has 0 saturated carbocycles. The third-order valence-electron chi connectivity index (χ3n) is 3.14. The maximum Gasteiger partial charge on any atom is 0.165 e. The lowest BCUT2D eigenvalue weighted by Crippen LogP contribution is -2.39. The Hall–Kier alpha value is -1.60. The number of nitriles is 1. The van der Waals surface area contributed by atoms with Gasteiger partial charge < -0.3 is 10.1 Å². The average Bonchev–Trinajstić information content (AvgIpc) is 2.39. The molecule has 4 heteroatoms. The number of rotatable bonds is 3. The molecular weight excluding hydrogens is 219 g/mol. The predicted octanol–water partition coefficient (Wildman–Crippen LogP) is 2.10.